The maximum atomic E-state index is 12.9. The van der Waals surface area contributed by atoms with Crippen LogP contribution in [0.15, 0.2) is 36.5 Å². The molecule has 3 rings (SSSR count). The van der Waals surface area contributed by atoms with Gasteiger partial charge in [0.2, 0.25) is 0 Å². The van der Waals surface area contributed by atoms with Gasteiger partial charge in [-0.25, -0.2) is 0 Å². The van der Waals surface area contributed by atoms with Gasteiger partial charge >= 0.3 is 173 Å². The topological polar surface area (TPSA) is 60.5 Å². The van der Waals surface area contributed by atoms with Crippen LogP contribution in [0.2, 0.25) is 0 Å². The molecule has 1 fully saturated rings. The fourth-order valence-corrected chi connectivity index (χ4v) is 6.21. The van der Waals surface area contributed by atoms with Gasteiger partial charge in [0.25, 0.3) is 0 Å². The summed E-state index contributed by atoms with van der Waals surface area (Å²) >= 11 is 0.0852. The van der Waals surface area contributed by atoms with Gasteiger partial charge in [-0.1, -0.05) is 20.8 Å². The third-order valence-corrected chi connectivity index (χ3v) is 9.24. The van der Waals surface area contributed by atoms with E-state index in [0.717, 1.165) is 26.8 Å². The zero-order chi connectivity index (χ0) is 23.7. The SMILES string of the molecule is CC[I-]CC1(C)OB(c2cc(NC(=O)c3ccnc(C(C)(C)C)c3)ccc2C)OC1(C)C. The Hall–Kier alpha value is -1.45. The van der Waals surface area contributed by atoms with Crippen molar-refractivity contribution in [2.24, 2.45) is 0 Å². The molecule has 1 N–H and O–H groups in total. The molecule has 1 aromatic carbocycles. The van der Waals surface area contributed by atoms with E-state index in [-0.39, 0.29) is 43.7 Å². The zero-order valence-corrected chi connectivity index (χ0v) is 22.7. The minimum absolute atomic E-state index is 0.0852. The van der Waals surface area contributed by atoms with Crippen molar-refractivity contribution in [1.82, 2.24) is 4.98 Å². The predicted molar refractivity (Wildman–Crippen MR) is 128 cm³/mol. The first-order chi connectivity index (χ1) is 14.9. The summed E-state index contributed by atoms with van der Waals surface area (Å²) in [5.41, 5.74) is 3.44. The molecule has 5 nitrogen and oxygen atoms in total. The average Bonchev–Trinajstić information content (AvgIpc) is 2.96. The Balaban J connectivity index is 1.82. The fourth-order valence-electron chi connectivity index (χ4n) is 3.55. The number of aryl methyl sites for hydroxylation is 1. The minimum atomic E-state index is -0.443. The van der Waals surface area contributed by atoms with Crippen LogP contribution < -0.4 is 32.0 Å². The van der Waals surface area contributed by atoms with E-state index in [2.05, 4.69) is 58.8 Å². The standard InChI is InChI=1S/C25H35BIN2O3/c1-9-27-16-25(8)24(6,7)31-26(32-25)20-15-19(11-10-17(20)2)29-22(30)18-12-13-28-21(14-18)23(3,4)5/h10-15H,9,16H2,1-8H3,(H,29,30)/q-1. The van der Waals surface area contributed by atoms with Crippen molar-refractivity contribution in [3.05, 3.63) is 53.3 Å². The summed E-state index contributed by atoms with van der Waals surface area (Å²) in [4.78, 5) is 17.4. The van der Waals surface area contributed by atoms with Crippen molar-refractivity contribution in [3.8, 4) is 0 Å². The van der Waals surface area contributed by atoms with Crippen LogP contribution in [0.4, 0.5) is 5.69 Å². The quantitative estimate of drug-likeness (QED) is 0.336. The molecule has 2 heterocycles. The van der Waals surface area contributed by atoms with E-state index in [9.17, 15) is 4.79 Å². The fraction of sp³-hybridized carbons (Fsp3) is 0.520. The predicted octanol–water partition coefficient (Wildman–Crippen LogP) is 1.33. The number of anilines is 1. The number of nitrogens with one attached hydrogen (secondary N) is 1. The molecule has 0 radical (unpaired) electrons. The number of amides is 1. The third-order valence-electron chi connectivity index (χ3n) is 6.16. The molecule has 0 aliphatic carbocycles. The van der Waals surface area contributed by atoms with Gasteiger partial charge in [-0.2, -0.15) is 0 Å². The Morgan fingerprint density at radius 1 is 1.16 bits per heavy atom. The van der Waals surface area contributed by atoms with Crippen molar-refractivity contribution in [2.45, 2.75) is 72.0 Å². The number of carbonyl (C=O) groups is 1. The Morgan fingerprint density at radius 2 is 1.88 bits per heavy atom. The number of rotatable bonds is 6. The monoisotopic (exact) mass is 549 g/mol. The van der Waals surface area contributed by atoms with Crippen molar-refractivity contribution >= 4 is 24.2 Å². The molecule has 0 saturated carbocycles. The van der Waals surface area contributed by atoms with E-state index in [1.807, 2.05) is 31.2 Å². The van der Waals surface area contributed by atoms with Gasteiger partial charge in [-0.15, -0.1) is 0 Å². The number of hydrogen-bond donors (Lipinski definition) is 1. The Labute approximate surface area is 203 Å². The van der Waals surface area contributed by atoms with Crippen LogP contribution in [0.1, 0.15) is 70.1 Å². The third kappa shape index (κ3) is 5.37. The van der Waals surface area contributed by atoms with Gasteiger partial charge in [0.1, 0.15) is 0 Å². The first-order valence-electron chi connectivity index (χ1n) is 11.1. The Morgan fingerprint density at radius 3 is 2.53 bits per heavy atom. The van der Waals surface area contributed by atoms with Crippen molar-refractivity contribution in [1.29, 1.82) is 0 Å². The second-order valence-corrected chi connectivity index (χ2v) is 13.5. The second kappa shape index (κ2) is 9.43. The van der Waals surface area contributed by atoms with Crippen LogP contribution in [-0.2, 0) is 14.7 Å². The van der Waals surface area contributed by atoms with Crippen LogP contribution in [0.5, 0.6) is 0 Å². The maximum absolute atomic E-state index is 12.9. The van der Waals surface area contributed by atoms with Crippen LogP contribution >= 0.6 is 0 Å². The van der Waals surface area contributed by atoms with E-state index >= 15 is 0 Å². The Bertz CT molecular complexity index is 989. The summed E-state index contributed by atoms with van der Waals surface area (Å²) in [6.07, 6.45) is 1.69. The Kier molecular flexibility index (Phi) is 7.42. The molecular formula is C25H35BIN2O3-. The van der Waals surface area contributed by atoms with Crippen molar-refractivity contribution in [3.63, 3.8) is 0 Å². The number of aromatic nitrogens is 1. The number of pyridine rings is 1. The summed E-state index contributed by atoms with van der Waals surface area (Å²) in [6, 6.07) is 9.50. The van der Waals surface area contributed by atoms with Crippen LogP contribution in [-0.4, -0.2) is 38.1 Å². The summed E-state index contributed by atoms with van der Waals surface area (Å²) in [7, 11) is -0.443. The number of alkyl halides is 2. The molecular weight excluding hydrogens is 514 g/mol. The zero-order valence-electron chi connectivity index (χ0n) is 20.5. The number of halogens is 1. The molecule has 1 amide bonds. The van der Waals surface area contributed by atoms with E-state index in [0.29, 0.717) is 5.56 Å². The van der Waals surface area contributed by atoms with Crippen molar-refractivity contribution < 1.29 is 35.3 Å². The molecule has 1 aliphatic rings. The summed E-state index contributed by atoms with van der Waals surface area (Å²) in [5.74, 6) is -0.154. The molecule has 2 aromatic rings. The van der Waals surface area contributed by atoms with Gasteiger partial charge in [0, 0.05) is 5.41 Å². The van der Waals surface area contributed by atoms with Crippen molar-refractivity contribution in [2.75, 3.05) is 14.2 Å². The molecule has 1 atom stereocenters. The summed E-state index contributed by atoms with van der Waals surface area (Å²) in [5, 5.41) is 3.03. The number of nitrogens with zero attached hydrogens (tertiary/aromatic N) is 1. The van der Waals surface area contributed by atoms with Crippen LogP contribution in [0.3, 0.4) is 0 Å². The molecule has 1 saturated heterocycles. The molecule has 0 bridgehead atoms. The number of benzene rings is 1. The molecule has 174 valence electrons. The molecule has 1 unspecified atom stereocenters. The number of carbonyl (C=O) groups excluding carboxylic acids is 1. The normalized spacial score (nSPS) is 20.6. The molecule has 1 aromatic heterocycles. The van der Waals surface area contributed by atoms with E-state index in [1.165, 1.54) is 4.43 Å². The molecule has 0 spiro atoms. The van der Waals surface area contributed by atoms with E-state index < -0.39 is 7.12 Å². The van der Waals surface area contributed by atoms with Gasteiger partial charge in [-0.3, -0.25) is 4.98 Å². The van der Waals surface area contributed by atoms with Crippen LogP contribution in [0, 0.1) is 6.92 Å². The van der Waals surface area contributed by atoms with Crippen LogP contribution in [0.25, 0.3) is 0 Å². The molecule has 7 heteroatoms. The van der Waals surface area contributed by atoms with Gasteiger partial charge in [0.15, 0.2) is 0 Å². The second-order valence-electron chi connectivity index (χ2n) is 10.1. The first kappa shape index (κ1) is 25.2. The van der Waals surface area contributed by atoms with Gasteiger partial charge < -0.3 is 0 Å². The van der Waals surface area contributed by atoms with E-state index in [1.54, 1.807) is 12.3 Å². The number of hydrogen-bond acceptors (Lipinski definition) is 4. The average molecular weight is 549 g/mol. The van der Waals surface area contributed by atoms with Gasteiger partial charge in [0.05, 0.1) is 0 Å². The summed E-state index contributed by atoms with van der Waals surface area (Å²) < 4.78 is 15.2. The molecule has 1 aliphatic heterocycles. The van der Waals surface area contributed by atoms with E-state index in [4.69, 9.17) is 9.31 Å². The van der Waals surface area contributed by atoms with Gasteiger partial charge in [-0.05, 0) is 0 Å². The first-order valence-corrected chi connectivity index (χ1v) is 14.2. The summed E-state index contributed by atoms with van der Waals surface area (Å²) in [6.45, 7) is 16.9. The molecule has 32 heavy (non-hydrogen) atoms.